The van der Waals surface area contributed by atoms with E-state index in [1.807, 2.05) is 18.2 Å². The standard InChI is InChI=1S/C15H16N4OS2.ClH/c16-15(7-3-4-8-15)13-18-12(20-19-13)9-21-14-17-10-5-1-2-6-11(10)22-14;/h1-2,5-6H,3-4,7-9,16H2;1H. The number of nitrogens with zero attached hydrogens (tertiary/aromatic N) is 3. The van der Waals surface area contributed by atoms with E-state index in [0.717, 1.165) is 35.5 Å². The van der Waals surface area contributed by atoms with Crippen molar-refractivity contribution < 1.29 is 4.52 Å². The lowest BCUT2D eigenvalue weighted by Gasteiger charge is -2.17. The minimum Gasteiger partial charge on any atom is -0.338 e. The number of hydrogen-bond acceptors (Lipinski definition) is 7. The van der Waals surface area contributed by atoms with Crippen molar-refractivity contribution in [2.24, 2.45) is 5.73 Å². The van der Waals surface area contributed by atoms with Crippen LogP contribution in [0.3, 0.4) is 0 Å². The molecular formula is C15H17ClN4OS2. The lowest BCUT2D eigenvalue weighted by molar-refractivity contribution is 0.355. The van der Waals surface area contributed by atoms with Crippen molar-refractivity contribution in [1.82, 2.24) is 15.1 Å². The SMILES string of the molecule is Cl.NC1(c2noc(CSc3nc4ccccc4s3)n2)CCCC1. The van der Waals surface area contributed by atoms with E-state index in [1.165, 1.54) is 4.70 Å². The van der Waals surface area contributed by atoms with Crippen molar-refractivity contribution in [3.05, 3.63) is 36.0 Å². The summed E-state index contributed by atoms with van der Waals surface area (Å²) in [5, 5.41) is 4.08. The summed E-state index contributed by atoms with van der Waals surface area (Å²) in [4.78, 5) is 9.08. The zero-order valence-electron chi connectivity index (χ0n) is 12.4. The first kappa shape index (κ1) is 16.7. The predicted molar refractivity (Wildman–Crippen MR) is 95.1 cm³/mol. The highest BCUT2D eigenvalue weighted by molar-refractivity contribution is 8.00. The van der Waals surface area contributed by atoms with Crippen molar-refractivity contribution in [2.75, 3.05) is 0 Å². The molecule has 3 aromatic rings. The molecule has 0 atom stereocenters. The molecule has 2 aromatic heterocycles. The first-order valence-electron chi connectivity index (χ1n) is 7.33. The molecule has 0 amide bonds. The van der Waals surface area contributed by atoms with Gasteiger partial charge in [0.15, 0.2) is 10.2 Å². The number of para-hydroxylation sites is 1. The molecule has 1 aliphatic rings. The number of rotatable bonds is 4. The van der Waals surface area contributed by atoms with Crippen LogP contribution in [0.25, 0.3) is 10.2 Å². The van der Waals surface area contributed by atoms with Gasteiger partial charge in [0.2, 0.25) is 5.89 Å². The number of thiazole rings is 1. The fourth-order valence-corrected chi connectivity index (χ4v) is 4.69. The quantitative estimate of drug-likeness (QED) is 0.698. The van der Waals surface area contributed by atoms with E-state index in [1.54, 1.807) is 23.1 Å². The van der Waals surface area contributed by atoms with Gasteiger partial charge in [0.05, 0.1) is 21.5 Å². The Morgan fingerprint density at radius 1 is 1.22 bits per heavy atom. The third kappa shape index (κ3) is 3.38. The molecule has 0 radical (unpaired) electrons. The number of fused-ring (bicyclic) bond motifs is 1. The Morgan fingerprint density at radius 3 is 2.78 bits per heavy atom. The minimum absolute atomic E-state index is 0. The van der Waals surface area contributed by atoms with Gasteiger partial charge in [-0.3, -0.25) is 0 Å². The first-order chi connectivity index (χ1) is 10.7. The van der Waals surface area contributed by atoms with Crippen LogP contribution in [0, 0.1) is 0 Å². The molecule has 0 spiro atoms. The Kier molecular flexibility index (Phi) is 4.91. The fraction of sp³-hybridized carbons (Fsp3) is 0.400. The molecule has 23 heavy (non-hydrogen) atoms. The van der Waals surface area contributed by atoms with Gasteiger partial charge in [-0.25, -0.2) is 4.98 Å². The summed E-state index contributed by atoms with van der Waals surface area (Å²) in [6.07, 6.45) is 4.16. The Hall–Kier alpha value is -1.15. The molecule has 0 saturated heterocycles. The fourth-order valence-electron chi connectivity index (χ4n) is 2.78. The van der Waals surface area contributed by atoms with Crippen LogP contribution in [0.15, 0.2) is 33.1 Å². The van der Waals surface area contributed by atoms with E-state index < -0.39 is 0 Å². The number of halogens is 1. The third-order valence-electron chi connectivity index (χ3n) is 4.00. The van der Waals surface area contributed by atoms with Crippen molar-refractivity contribution >= 4 is 45.7 Å². The largest absolute Gasteiger partial charge is 0.338 e. The lowest BCUT2D eigenvalue weighted by Crippen LogP contribution is -2.34. The summed E-state index contributed by atoms with van der Waals surface area (Å²) >= 11 is 3.31. The molecule has 0 unspecified atom stereocenters. The van der Waals surface area contributed by atoms with Gasteiger partial charge >= 0.3 is 0 Å². The van der Waals surface area contributed by atoms with Crippen molar-refractivity contribution in [1.29, 1.82) is 0 Å². The highest BCUT2D eigenvalue weighted by Crippen LogP contribution is 2.35. The maximum absolute atomic E-state index is 6.35. The van der Waals surface area contributed by atoms with Gasteiger partial charge < -0.3 is 10.3 Å². The maximum Gasteiger partial charge on any atom is 0.237 e. The van der Waals surface area contributed by atoms with Crippen LogP contribution in [0.5, 0.6) is 0 Å². The highest BCUT2D eigenvalue weighted by atomic mass is 35.5. The second kappa shape index (κ2) is 6.76. The van der Waals surface area contributed by atoms with E-state index in [4.69, 9.17) is 10.3 Å². The van der Waals surface area contributed by atoms with E-state index in [9.17, 15) is 0 Å². The van der Waals surface area contributed by atoms with Crippen molar-refractivity contribution in [2.45, 2.75) is 41.3 Å². The normalized spacial score (nSPS) is 16.6. The maximum atomic E-state index is 6.35. The number of thioether (sulfide) groups is 1. The highest BCUT2D eigenvalue weighted by Gasteiger charge is 2.35. The summed E-state index contributed by atoms with van der Waals surface area (Å²) in [5.74, 6) is 1.91. The molecule has 0 aliphatic heterocycles. The average molecular weight is 369 g/mol. The minimum atomic E-state index is -0.387. The van der Waals surface area contributed by atoms with Gasteiger partial charge in [-0.15, -0.1) is 23.7 Å². The lowest BCUT2D eigenvalue weighted by atomic mass is 9.99. The zero-order valence-corrected chi connectivity index (χ0v) is 14.8. The van der Waals surface area contributed by atoms with Crippen LogP contribution in [-0.4, -0.2) is 15.1 Å². The van der Waals surface area contributed by atoms with Crippen LogP contribution >= 0.6 is 35.5 Å². The number of benzene rings is 1. The molecule has 1 aliphatic carbocycles. The molecule has 2 N–H and O–H groups in total. The molecule has 1 fully saturated rings. The monoisotopic (exact) mass is 368 g/mol. The smallest absolute Gasteiger partial charge is 0.237 e. The van der Waals surface area contributed by atoms with E-state index in [-0.39, 0.29) is 17.9 Å². The molecule has 1 aromatic carbocycles. The van der Waals surface area contributed by atoms with E-state index >= 15 is 0 Å². The first-order valence-corrected chi connectivity index (χ1v) is 9.13. The van der Waals surface area contributed by atoms with Gasteiger partial charge in [0.25, 0.3) is 0 Å². The van der Waals surface area contributed by atoms with Gasteiger partial charge in [0.1, 0.15) is 0 Å². The predicted octanol–water partition coefficient (Wildman–Crippen LogP) is 4.12. The number of nitrogens with two attached hydrogens (primary N) is 1. The Morgan fingerprint density at radius 2 is 2.00 bits per heavy atom. The summed E-state index contributed by atoms with van der Waals surface area (Å²) in [7, 11) is 0. The molecule has 8 heteroatoms. The van der Waals surface area contributed by atoms with E-state index in [0.29, 0.717) is 17.5 Å². The Labute approximate surface area is 148 Å². The zero-order chi connectivity index (χ0) is 15.0. The summed E-state index contributed by atoms with van der Waals surface area (Å²) in [6.45, 7) is 0. The molecule has 1 saturated carbocycles. The third-order valence-corrected chi connectivity index (χ3v) is 6.17. The number of hydrogen-bond donors (Lipinski definition) is 1. The van der Waals surface area contributed by atoms with Crippen LogP contribution in [0.4, 0.5) is 0 Å². The van der Waals surface area contributed by atoms with Gasteiger partial charge in [-0.1, -0.05) is 41.9 Å². The van der Waals surface area contributed by atoms with Crippen molar-refractivity contribution in [3.63, 3.8) is 0 Å². The molecule has 2 heterocycles. The van der Waals surface area contributed by atoms with Crippen LogP contribution in [0.1, 0.15) is 37.4 Å². The van der Waals surface area contributed by atoms with Gasteiger partial charge in [-0.05, 0) is 25.0 Å². The molecule has 5 nitrogen and oxygen atoms in total. The van der Waals surface area contributed by atoms with Crippen LogP contribution in [0.2, 0.25) is 0 Å². The number of aromatic nitrogens is 3. The van der Waals surface area contributed by atoms with Gasteiger partial charge in [-0.2, -0.15) is 4.98 Å². The Bertz CT molecular complexity index is 764. The molecule has 4 rings (SSSR count). The van der Waals surface area contributed by atoms with Crippen LogP contribution in [-0.2, 0) is 11.3 Å². The average Bonchev–Trinajstić information content (AvgIpc) is 3.24. The van der Waals surface area contributed by atoms with Crippen molar-refractivity contribution in [3.8, 4) is 0 Å². The molecule has 0 bridgehead atoms. The second-order valence-corrected chi connectivity index (χ2v) is 7.86. The summed E-state index contributed by atoms with van der Waals surface area (Å²) in [6, 6.07) is 8.14. The summed E-state index contributed by atoms with van der Waals surface area (Å²) < 4.78 is 7.57. The molecule has 122 valence electrons. The second-order valence-electron chi connectivity index (χ2n) is 5.61. The molecular weight excluding hydrogens is 352 g/mol. The Balaban J connectivity index is 0.00000156. The summed E-state index contributed by atoms with van der Waals surface area (Å²) in [5.41, 5.74) is 7.00. The topological polar surface area (TPSA) is 77.8 Å². The van der Waals surface area contributed by atoms with Crippen LogP contribution < -0.4 is 5.73 Å². The van der Waals surface area contributed by atoms with Gasteiger partial charge in [0, 0.05) is 0 Å². The van der Waals surface area contributed by atoms with E-state index in [2.05, 4.69) is 21.2 Å².